The van der Waals surface area contributed by atoms with E-state index in [4.69, 9.17) is 5.11 Å². The number of hydrogen-bond acceptors (Lipinski definition) is 5. The van der Waals surface area contributed by atoms with E-state index in [1.54, 1.807) is 13.1 Å². The Morgan fingerprint density at radius 1 is 1.33 bits per heavy atom. The summed E-state index contributed by atoms with van der Waals surface area (Å²) >= 11 is 0. The molecular formula is C13H21N3O2. The summed E-state index contributed by atoms with van der Waals surface area (Å²) in [5, 5.41) is 18.5. The Morgan fingerprint density at radius 2 is 2.06 bits per heavy atom. The van der Waals surface area contributed by atoms with Crippen LogP contribution in [-0.2, 0) is 0 Å². The molecule has 0 unspecified atom stereocenters. The van der Waals surface area contributed by atoms with Gasteiger partial charge in [-0.15, -0.1) is 0 Å². The van der Waals surface area contributed by atoms with Crippen LogP contribution in [-0.4, -0.2) is 59.4 Å². The number of anilines is 1. The fraction of sp³-hybridized carbons (Fsp3) is 0.615. The normalized spacial score (nSPS) is 18.9. The molecule has 1 fully saturated rings. The second kappa shape index (κ2) is 6.13. The van der Waals surface area contributed by atoms with Crippen molar-refractivity contribution in [2.45, 2.75) is 13.0 Å². The first-order valence-corrected chi connectivity index (χ1v) is 6.43. The van der Waals surface area contributed by atoms with E-state index in [-0.39, 0.29) is 6.61 Å². The Bertz CT molecular complexity index is 376. The Kier molecular flexibility index (Phi) is 4.52. The molecular weight excluding hydrogens is 230 g/mol. The molecule has 0 aliphatic carbocycles. The summed E-state index contributed by atoms with van der Waals surface area (Å²) in [6.45, 7) is 6.44. The van der Waals surface area contributed by atoms with E-state index in [0.29, 0.717) is 0 Å². The van der Waals surface area contributed by atoms with Gasteiger partial charge in [0.2, 0.25) is 0 Å². The average Bonchev–Trinajstić information content (AvgIpc) is 2.40. The van der Waals surface area contributed by atoms with E-state index in [1.165, 1.54) is 0 Å². The Labute approximate surface area is 108 Å². The standard InChI is InChI=1S/C13H21N3O2/c1-11(18)12-2-3-14-13(10-12)16-6-4-15(5-7-16)8-9-17/h2-3,10-11,17-18H,4-9H2,1H3/t11-/m1/s1. The van der Waals surface area contributed by atoms with E-state index >= 15 is 0 Å². The number of hydrogen-bond donors (Lipinski definition) is 2. The highest BCUT2D eigenvalue weighted by Gasteiger charge is 2.17. The van der Waals surface area contributed by atoms with Crippen LogP contribution in [0.3, 0.4) is 0 Å². The Hall–Kier alpha value is -1.17. The lowest BCUT2D eigenvalue weighted by Crippen LogP contribution is -2.47. The van der Waals surface area contributed by atoms with Crippen LogP contribution in [0.1, 0.15) is 18.6 Å². The zero-order chi connectivity index (χ0) is 13.0. The molecule has 2 rings (SSSR count). The van der Waals surface area contributed by atoms with Crippen LogP contribution in [0.4, 0.5) is 5.82 Å². The molecule has 1 atom stereocenters. The van der Waals surface area contributed by atoms with E-state index < -0.39 is 6.10 Å². The van der Waals surface area contributed by atoms with Crippen molar-refractivity contribution in [1.82, 2.24) is 9.88 Å². The maximum atomic E-state index is 9.58. The fourth-order valence-corrected chi connectivity index (χ4v) is 2.21. The average molecular weight is 251 g/mol. The van der Waals surface area contributed by atoms with Crippen molar-refractivity contribution in [2.75, 3.05) is 44.2 Å². The lowest BCUT2D eigenvalue weighted by molar-refractivity contribution is 0.188. The van der Waals surface area contributed by atoms with Gasteiger partial charge in [0.1, 0.15) is 5.82 Å². The number of rotatable bonds is 4. The minimum absolute atomic E-state index is 0.218. The first-order valence-electron chi connectivity index (χ1n) is 6.43. The van der Waals surface area contributed by atoms with Crippen LogP contribution in [0.15, 0.2) is 18.3 Å². The number of β-amino-alcohol motifs (C(OH)–C–C–N with tert-alkyl or cyclic N) is 1. The van der Waals surface area contributed by atoms with E-state index in [0.717, 1.165) is 44.1 Å². The first-order chi connectivity index (χ1) is 8.70. The van der Waals surface area contributed by atoms with Gasteiger partial charge in [0.15, 0.2) is 0 Å². The number of pyridine rings is 1. The third-order valence-corrected chi connectivity index (χ3v) is 3.36. The molecule has 1 aromatic rings. The van der Waals surface area contributed by atoms with Crippen molar-refractivity contribution in [3.8, 4) is 0 Å². The number of aliphatic hydroxyl groups excluding tert-OH is 2. The molecule has 5 heteroatoms. The molecule has 0 saturated carbocycles. The van der Waals surface area contributed by atoms with Crippen molar-refractivity contribution >= 4 is 5.82 Å². The Balaban J connectivity index is 1.98. The van der Waals surface area contributed by atoms with Gasteiger partial charge in [-0.05, 0) is 24.6 Å². The third kappa shape index (κ3) is 3.19. The van der Waals surface area contributed by atoms with Gasteiger partial charge in [0.25, 0.3) is 0 Å². The van der Waals surface area contributed by atoms with Crippen LogP contribution >= 0.6 is 0 Å². The maximum Gasteiger partial charge on any atom is 0.128 e. The SMILES string of the molecule is C[C@@H](O)c1ccnc(N2CCN(CCO)CC2)c1. The van der Waals surface area contributed by atoms with Crippen molar-refractivity contribution in [1.29, 1.82) is 0 Å². The molecule has 100 valence electrons. The molecule has 1 saturated heterocycles. The summed E-state index contributed by atoms with van der Waals surface area (Å²) in [6.07, 6.45) is 1.29. The highest BCUT2D eigenvalue weighted by atomic mass is 16.3. The van der Waals surface area contributed by atoms with Gasteiger partial charge in [-0.25, -0.2) is 4.98 Å². The van der Waals surface area contributed by atoms with Crippen LogP contribution < -0.4 is 4.90 Å². The zero-order valence-corrected chi connectivity index (χ0v) is 10.8. The second-order valence-corrected chi connectivity index (χ2v) is 4.68. The summed E-state index contributed by atoms with van der Waals surface area (Å²) in [4.78, 5) is 8.83. The molecule has 2 heterocycles. The summed E-state index contributed by atoms with van der Waals surface area (Å²) in [5.74, 6) is 0.928. The van der Waals surface area contributed by atoms with Crippen molar-refractivity contribution in [3.63, 3.8) is 0 Å². The van der Waals surface area contributed by atoms with Crippen molar-refractivity contribution < 1.29 is 10.2 Å². The largest absolute Gasteiger partial charge is 0.395 e. The molecule has 0 bridgehead atoms. The van der Waals surface area contributed by atoms with Crippen LogP contribution in [0.5, 0.6) is 0 Å². The molecule has 0 radical (unpaired) electrons. The van der Waals surface area contributed by atoms with Gasteiger partial charge in [0, 0.05) is 38.9 Å². The van der Waals surface area contributed by atoms with Gasteiger partial charge < -0.3 is 15.1 Å². The predicted octanol–water partition coefficient (Wildman–Crippen LogP) is 0.249. The predicted molar refractivity (Wildman–Crippen MR) is 70.6 cm³/mol. The summed E-state index contributed by atoms with van der Waals surface area (Å²) in [5.41, 5.74) is 0.901. The third-order valence-electron chi connectivity index (χ3n) is 3.36. The van der Waals surface area contributed by atoms with Crippen LogP contribution in [0.25, 0.3) is 0 Å². The van der Waals surface area contributed by atoms with Crippen LogP contribution in [0, 0.1) is 0 Å². The van der Waals surface area contributed by atoms with Gasteiger partial charge >= 0.3 is 0 Å². The molecule has 1 aliphatic rings. The summed E-state index contributed by atoms with van der Waals surface area (Å²) in [7, 11) is 0. The smallest absolute Gasteiger partial charge is 0.128 e. The lowest BCUT2D eigenvalue weighted by Gasteiger charge is -2.35. The van der Waals surface area contributed by atoms with E-state index in [9.17, 15) is 5.11 Å². The molecule has 1 aliphatic heterocycles. The quantitative estimate of drug-likeness (QED) is 0.803. The van der Waals surface area contributed by atoms with Crippen molar-refractivity contribution in [3.05, 3.63) is 23.9 Å². The van der Waals surface area contributed by atoms with Gasteiger partial charge in [-0.2, -0.15) is 0 Å². The highest BCUT2D eigenvalue weighted by Crippen LogP contribution is 2.19. The maximum absolute atomic E-state index is 9.58. The summed E-state index contributed by atoms with van der Waals surface area (Å²) in [6, 6.07) is 3.79. The van der Waals surface area contributed by atoms with Gasteiger partial charge in [0.05, 0.1) is 12.7 Å². The highest BCUT2D eigenvalue weighted by molar-refractivity contribution is 5.42. The van der Waals surface area contributed by atoms with E-state index in [1.807, 2.05) is 12.1 Å². The number of nitrogens with zero attached hydrogens (tertiary/aromatic N) is 3. The van der Waals surface area contributed by atoms with Gasteiger partial charge in [-0.3, -0.25) is 4.90 Å². The number of aliphatic hydroxyl groups is 2. The van der Waals surface area contributed by atoms with E-state index in [2.05, 4.69) is 14.8 Å². The second-order valence-electron chi connectivity index (χ2n) is 4.68. The summed E-state index contributed by atoms with van der Waals surface area (Å²) < 4.78 is 0. The molecule has 1 aromatic heterocycles. The molecule has 0 spiro atoms. The first kappa shape index (κ1) is 13.3. The topological polar surface area (TPSA) is 59.8 Å². The lowest BCUT2D eigenvalue weighted by atomic mass is 10.1. The molecule has 0 amide bonds. The number of piperazine rings is 1. The minimum atomic E-state index is -0.456. The zero-order valence-electron chi connectivity index (χ0n) is 10.8. The molecule has 0 aromatic carbocycles. The Morgan fingerprint density at radius 3 is 2.67 bits per heavy atom. The molecule has 2 N–H and O–H groups in total. The fourth-order valence-electron chi connectivity index (χ4n) is 2.21. The van der Waals surface area contributed by atoms with Gasteiger partial charge in [-0.1, -0.05) is 0 Å². The molecule has 5 nitrogen and oxygen atoms in total. The molecule has 18 heavy (non-hydrogen) atoms. The van der Waals surface area contributed by atoms with Crippen molar-refractivity contribution in [2.24, 2.45) is 0 Å². The van der Waals surface area contributed by atoms with Crippen LogP contribution in [0.2, 0.25) is 0 Å². The number of aromatic nitrogens is 1. The minimum Gasteiger partial charge on any atom is -0.395 e. The monoisotopic (exact) mass is 251 g/mol.